The molecule has 0 atom stereocenters. The summed E-state index contributed by atoms with van der Waals surface area (Å²) in [5, 5.41) is 0. The van der Waals surface area contributed by atoms with Crippen molar-refractivity contribution in [1.82, 2.24) is 0 Å². The number of hydrogen-bond donors (Lipinski definition) is 0. The molecule has 0 radical (unpaired) electrons. The first-order chi connectivity index (χ1) is 17.0. The molecule has 0 fully saturated rings. The van der Waals surface area contributed by atoms with Crippen LogP contribution in [0.1, 0.15) is 19.8 Å². The van der Waals surface area contributed by atoms with Gasteiger partial charge in [0, 0.05) is 0 Å². The Labute approximate surface area is 208 Å². The molecule has 0 aliphatic carbocycles. The van der Waals surface area contributed by atoms with Gasteiger partial charge in [-0.25, -0.2) is 0 Å². The molecule has 0 aromatic heterocycles. The van der Waals surface area contributed by atoms with Crippen molar-refractivity contribution in [3.8, 4) is 0 Å². The van der Waals surface area contributed by atoms with Crippen molar-refractivity contribution in [2.75, 3.05) is 26.6 Å². The fourth-order valence-corrected chi connectivity index (χ4v) is 14.4. The predicted molar refractivity (Wildman–Crippen MR) is 89.1 cm³/mol. The number of halogens is 21. The monoisotopic (exact) mass is 742 g/mol. The van der Waals surface area contributed by atoms with Crippen LogP contribution in [0.3, 0.4) is 0 Å². The van der Waals surface area contributed by atoms with Crippen LogP contribution in [0.25, 0.3) is 0 Å². The van der Waals surface area contributed by atoms with Gasteiger partial charge in [0.05, 0.1) is 0 Å². The zero-order valence-electron chi connectivity index (χ0n) is 18.6. The predicted octanol–water partition coefficient (Wildman–Crippen LogP) is 7.99. The molecule has 0 N–H and O–H groups in total. The summed E-state index contributed by atoms with van der Waals surface area (Å²) >= 11 is -12.2. The SMILES string of the molecule is CCCC[O][Sn]([C](F)(F)C(F)(F)C(F)(F)CF)([C](F)(F)C(F)(F)C(F)(F)CF)[C](F)(F)C(F)(F)C(F)(F)CF. The van der Waals surface area contributed by atoms with Crippen LogP contribution in [-0.2, 0) is 3.07 Å². The Balaban J connectivity index is 8.53. The Bertz CT molecular complexity index is 727. The number of alkyl halides is 21. The molecule has 0 amide bonds. The van der Waals surface area contributed by atoms with E-state index < -0.39 is 106 Å². The van der Waals surface area contributed by atoms with Gasteiger partial charge < -0.3 is 0 Å². The molecule has 23 heteroatoms. The van der Waals surface area contributed by atoms with Crippen LogP contribution in [0.15, 0.2) is 0 Å². The fraction of sp³-hybridized carbons (Fsp3) is 1.00. The maximum atomic E-state index is 14.9. The minimum absolute atomic E-state index is 0.740. The first-order valence-corrected chi connectivity index (χ1v) is 15.2. The summed E-state index contributed by atoms with van der Waals surface area (Å²) < 4.78 is 269. The van der Waals surface area contributed by atoms with E-state index in [1.165, 1.54) is 0 Å². The Hall–Kier alpha value is -0.711. The van der Waals surface area contributed by atoms with E-state index >= 15 is 0 Å². The second-order valence-electron chi connectivity index (χ2n) is 7.84. The van der Waals surface area contributed by atoms with Gasteiger partial charge >= 0.3 is 208 Å². The van der Waals surface area contributed by atoms with Gasteiger partial charge in [0.15, 0.2) is 0 Å². The number of rotatable bonds is 16. The van der Waals surface area contributed by atoms with E-state index in [-0.39, 0.29) is 0 Å². The molecule has 0 aromatic carbocycles. The van der Waals surface area contributed by atoms with Gasteiger partial charge in [-0.2, -0.15) is 0 Å². The van der Waals surface area contributed by atoms with Crippen LogP contribution in [0.5, 0.6) is 0 Å². The van der Waals surface area contributed by atoms with E-state index in [1.54, 1.807) is 0 Å². The third-order valence-electron chi connectivity index (χ3n) is 5.21. The van der Waals surface area contributed by atoms with Crippen molar-refractivity contribution in [2.45, 2.75) is 67.1 Å². The second kappa shape index (κ2) is 11.2. The molecular formula is C16H15F21OSn. The first kappa shape index (κ1) is 38.3. The van der Waals surface area contributed by atoms with Crippen LogP contribution in [-0.4, -0.2) is 92.8 Å². The summed E-state index contributed by atoms with van der Waals surface area (Å²) in [6.45, 7) is -14.3. The van der Waals surface area contributed by atoms with Crippen molar-refractivity contribution in [2.24, 2.45) is 0 Å². The molecule has 39 heavy (non-hydrogen) atoms. The van der Waals surface area contributed by atoms with Crippen LogP contribution >= 0.6 is 0 Å². The van der Waals surface area contributed by atoms with Crippen molar-refractivity contribution in [3.05, 3.63) is 0 Å². The molecule has 0 aromatic rings. The Morgan fingerprint density at radius 1 is 0.462 bits per heavy atom. The average molecular weight is 741 g/mol. The second-order valence-corrected chi connectivity index (χ2v) is 17.9. The van der Waals surface area contributed by atoms with Crippen molar-refractivity contribution < 1.29 is 95.3 Å². The van der Waals surface area contributed by atoms with Gasteiger partial charge in [0.2, 0.25) is 0 Å². The molecule has 0 saturated carbocycles. The Kier molecular flexibility index (Phi) is 11.0. The minimum atomic E-state index is -12.2. The van der Waals surface area contributed by atoms with Gasteiger partial charge in [-0.1, -0.05) is 0 Å². The quantitative estimate of drug-likeness (QED) is 0.0887. The molecule has 236 valence electrons. The molecule has 0 rings (SSSR count). The molecule has 0 saturated heterocycles. The van der Waals surface area contributed by atoms with E-state index in [0.29, 0.717) is 0 Å². The Morgan fingerprint density at radius 2 is 0.692 bits per heavy atom. The molecule has 0 heterocycles. The van der Waals surface area contributed by atoms with Gasteiger partial charge in [0.1, 0.15) is 0 Å². The third-order valence-corrected chi connectivity index (χ3v) is 17.3. The van der Waals surface area contributed by atoms with Crippen molar-refractivity contribution in [1.29, 1.82) is 0 Å². The Morgan fingerprint density at radius 3 is 0.872 bits per heavy atom. The van der Waals surface area contributed by atoms with E-state index in [9.17, 15) is 92.2 Å². The van der Waals surface area contributed by atoms with Gasteiger partial charge in [-0.3, -0.25) is 0 Å². The molecule has 0 unspecified atom stereocenters. The van der Waals surface area contributed by atoms with E-state index in [0.717, 1.165) is 6.92 Å². The molecule has 0 spiro atoms. The van der Waals surface area contributed by atoms with Crippen LogP contribution < -0.4 is 0 Å². The summed E-state index contributed by atoms with van der Waals surface area (Å²) in [7, 11) is 0. The molecule has 1 nitrogen and oxygen atoms in total. The van der Waals surface area contributed by atoms with Gasteiger partial charge in [-0.05, 0) is 0 Å². The van der Waals surface area contributed by atoms with Gasteiger partial charge in [-0.15, -0.1) is 0 Å². The summed E-state index contributed by atoms with van der Waals surface area (Å²) in [5.41, 5.74) is 0. The summed E-state index contributed by atoms with van der Waals surface area (Å²) in [6, 6.07) is 0. The number of hydrogen-bond acceptors (Lipinski definition) is 1. The summed E-state index contributed by atoms with van der Waals surface area (Å²) in [4.78, 5) is 0. The van der Waals surface area contributed by atoms with Crippen molar-refractivity contribution in [3.63, 3.8) is 0 Å². The maximum absolute atomic E-state index is 14.9. The fourth-order valence-electron chi connectivity index (χ4n) is 2.84. The third kappa shape index (κ3) is 5.11. The zero-order valence-corrected chi connectivity index (χ0v) is 21.4. The van der Waals surface area contributed by atoms with E-state index in [1.807, 2.05) is 0 Å². The van der Waals surface area contributed by atoms with E-state index in [4.69, 9.17) is 0 Å². The zero-order chi connectivity index (χ0) is 31.9. The van der Waals surface area contributed by atoms with Gasteiger partial charge in [0.25, 0.3) is 0 Å². The van der Waals surface area contributed by atoms with Crippen molar-refractivity contribution >= 4 is 18.8 Å². The topological polar surface area (TPSA) is 9.23 Å². The summed E-state index contributed by atoms with van der Waals surface area (Å²) in [6.07, 6.45) is -2.11. The number of unbranched alkanes of at least 4 members (excludes halogenated alkanes) is 1. The molecule has 0 aliphatic rings. The normalized spacial score (nSPS) is 16.2. The van der Waals surface area contributed by atoms with Crippen LogP contribution in [0.2, 0.25) is 0 Å². The first-order valence-electron chi connectivity index (χ1n) is 9.71. The van der Waals surface area contributed by atoms with Crippen LogP contribution in [0.4, 0.5) is 92.2 Å². The molecule has 0 aliphatic heterocycles. The average Bonchev–Trinajstić information content (AvgIpc) is 2.80. The standard InChI is InChI=1S/3C4H2F7.C4H9O.Sn/c3*5-1-3(8,9)4(10,11)2(6)7;1-2-3-4-5;/h3*1H2;2-4H2,1H3;/q;;;-1;+1. The molecule has 0 bridgehead atoms. The van der Waals surface area contributed by atoms with E-state index in [2.05, 4.69) is 3.07 Å². The van der Waals surface area contributed by atoms with Crippen LogP contribution in [0, 0.1) is 0 Å². The summed E-state index contributed by atoms with van der Waals surface area (Å²) in [5.74, 6) is -46.5. The molecular weight excluding hydrogens is 726 g/mol.